The van der Waals surface area contributed by atoms with E-state index < -0.39 is 9.84 Å². The Hall–Kier alpha value is -2.40. The maximum Gasteiger partial charge on any atom is 0.206 e. The zero-order valence-corrected chi connectivity index (χ0v) is 11.4. The molecule has 0 atom stereocenters. The molecule has 1 aromatic heterocycles. The second-order valence-electron chi connectivity index (χ2n) is 3.81. The van der Waals surface area contributed by atoms with Gasteiger partial charge in [-0.15, -0.1) is 0 Å². The summed E-state index contributed by atoms with van der Waals surface area (Å²) in [5.41, 5.74) is 0. The van der Waals surface area contributed by atoms with Crippen molar-refractivity contribution in [2.24, 2.45) is 0 Å². The molecule has 0 aliphatic heterocycles. The summed E-state index contributed by atoms with van der Waals surface area (Å²) in [5, 5.41) is 0. The van der Waals surface area contributed by atoms with Crippen molar-refractivity contribution in [2.45, 2.75) is 9.79 Å². The van der Waals surface area contributed by atoms with Crippen LogP contribution in [0.5, 0.6) is 0 Å². The SMILES string of the molecule is O=S(=O)(c1ccccc1)c1ccccc1.c1cocn1. The summed E-state index contributed by atoms with van der Waals surface area (Å²) in [5.74, 6) is 0. The van der Waals surface area contributed by atoms with Crippen LogP contribution in [-0.2, 0) is 9.84 Å². The van der Waals surface area contributed by atoms with Crippen molar-refractivity contribution in [2.75, 3.05) is 0 Å². The van der Waals surface area contributed by atoms with E-state index >= 15 is 0 Å². The van der Waals surface area contributed by atoms with E-state index in [0.717, 1.165) is 0 Å². The first kappa shape index (κ1) is 14.0. The molecule has 0 aliphatic rings. The lowest BCUT2D eigenvalue weighted by Gasteiger charge is -2.03. The van der Waals surface area contributed by atoms with Crippen molar-refractivity contribution in [3.63, 3.8) is 0 Å². The molecule has 0 unspecified atom stereocenters. The van der Waals surface area contributed by atoms with Crippen LogP contribution in [0.2, 0.25) is 0 Å². The summed E-state index contributed by atoms with van der Waals surface area (Å²) in [7, 11) is -3.34. The quantitative estimate of drug-likeness (QED) is 0.726. The summed E-state index contributed by atoms with van der Waals surface area (Å²) in [6.07, 6.45) is 4.47. The predicted octanol–water partition coefficient (Wildman–Crippen LogP) is 3.19. The fourth-order valence-corrected chi connectivity index (χ4v) is 2.81. The van der Waals surface area contributed by atoms with Gasteiger partial charge in [0.2, 0.25) is 9.84 Å². The Balaban J connectivity index is 0.000000247. The van der Waals surface area contributed by atoms with Crippen molar-refractivity contribution in [3.05, 3.63) is 79.5 Å². The number of oxazole rings is 1. The topological polar surface area (TPSA) is 60.2 Å². The number of sulfone groups is 1. The molecule has 0 bridgehead atoms. The van der Waals surface area contributed by atoms with Crippen molar-refractivity contribution in [1.82, 2.24) is 4.98 Å². The van der Waals surface area contributed by atoms with E-state index in [1.165, 1.54) is 12.7 Å². The Kier molecular flexibility index (Phi) is 4.68. The molecular formula is C15H13NO3S. The Labute approximate surface area is 117 Å². The maximum atomic E-state index is 12.0. The molecule has 2 aromatic carbocycles. The van der Waals surface area contributed by atoms with Crippen LogP contribution in [0.25, 0.3) is 0 Å². The summed E-state index contributed by atoms with van der Waals surface area (Å²) >= 11 is 0. The Bertz CT molecular complexity index is 646. The second kappa shape index (κ2) is 6.68. The highest BCUT2D eigenvalue weighted by atomic mass is 32.2. The standard InChI is InChI=1S/C12H10O2S.C3H3NO/c13-15(14,11-7-3-1-4-8-11)12-9-5-2-6-10-12;1-2-5-3-4-1/h1-10H;1-3H. The fraction of sp³-hybridized carbons (Fsp3) is 0. The fourth-order valence-electron chi connectivity index (χ4n) is 1.51. The van der Waals surface area contributed by atoms with Gasteiger partial charge in [0.1, 0.15) is 6.26 Å². The first-order valence-corrected chi connectivity index (χ1v) is 7.37. The minimum atomic E-state index is -3.34. The smallest absolute Gasteiger partial charge is 0.206 e. The van der Waals surface area contributed by atoms with Crippen molar-refractivity contribution in [3.8, 4) is 0 Å². The normalized spacial score (nSPS) is 10.4. The molecule has 0 fully saturated rings. The highest BCUT2D eigenvalue weighted by Crippen LogP contribution is 2.19. The number of benzene rings is 2. The largest absolute Gasteiger partial charge is 0.452 e. The number of nitrogens with zero attached hydrogens (tertiary/aromatic N) is 1. The molecule has 3 aromatic rings. The maximum absolute atomic E-state index is 12.0. The van der Waals surface area contributed by atoms with Gasteiger partial charge in [-0.1, -0.05) is 36.4 Å². The van der Waals surface area contributed by atoms with Crippen LogP contribution in [-0.4, -0.2) is 13.4 Å². The summed E-state index contributed by atoms with van der Waals surface area (Å²) in [6.45, 7) is 0. The molecule has 0 saturated carbocycles. The number of rotatable bonds is 2. The van der Waals surface area contributed by atoms with Gasteiger partial charge in [-0.25, -0.2) is 13.4 Å². The Morgan fingerprint density at radius 1 is 0.800 bits per heavy atom. The molecule has 0 aliphatic carbocycles. The zero-order valence-electron chi connectivity index (χ0n) is 10.6. The molecule has 5 heteroatoms. The summed E-state index contributed by atoms with van der Waals surface area (Å²) in [6, 6.07) is 16.9. The van der Waals surface area contributed by atoms with Gasteiger partial charge >= 0.3 is 0 Å². The molecule has 102 valence electrons. The van der Waals surface area contributed by atoms with E-state index in [0.29, 0.717) is 9.79 Å². The van der Waals surface area contributed by atoms with E-state index in [2.05, 4.69) is 9.40 Å². The van der Waals surface area contributed by atoms with Gasteiger partial charge in [0.25, 0.3) is 0 Å². The molecule has 3 rings (SSSR count). The van der Waals surface area contributed by atoms with Crippen LogP contribution >= 0.6 is 0 Å². The first-order chi connectivity index (χ1) is 9.71. The third kappa shape index (κ3) is 3.55. The highest BCUT2D eigenvalue weighted by Gasteiger charge is 2.15. The minimum absolute atomic E-state index is 0.330. The summed E-state index contributed by atoms with van der Waals surface area (Å²) < 4.78 is 28.5. The number of hydrogen-bond donors (Lipinski definition) is 0. The van der Waals surface area contributed by atoms with Crippen LogP contribution in [0.4, 0.5) is 0 Å². The van der Waals surface area contributed by atoms with Crippen LogP contribution in [0.1, 0.15) is 0 Å². The third-order valence-electron chi connectivity index (χ3n) is 2.45. The molecule has 0 amide bonds. The second-order valence-corrected chi connectivity index (χ2v) is 5.75. The van der Waals surface area contributed by atoms with Crippen molar-refractivity contribution >= 4 is 9.84 Å². The molecule has 0 saturated heterocycles. The minimum Gasteiger partial charge on any atom is -0.452 e. The van der Waals surface area contributed by atoms with E-state index in [1.54, 1.807) is 66.9 Å². The van der Waals surface area contributed by atoms with Gasteiger partial charge in [-0.2, -0.15) is 0 Å². The average Bonchev–Trinajstić information content (AvgIpc) is 3.09. The van der Waals surface area contributed by atoms with Gasteiger partial charge in [-0.05, 0) is 24.3 Å². The van der Waals surface area contributed by atoms with Gasteiger partial charge in [0.15, 0.2) is 6.39 Å². The van der Waals surface area contributed by atoms with E-state index in [4.69, 9.17) is 0 Å². The molecule has 0 spiro atoms. The molecule has 0 radical (unpaired) electrons. The lowest BCUT2D eigenvalue weighted by Crippen LogP contribution is -2.00. The number of aromatic nitrogens is 1. The Morgan fingerprint density at radius 3 is 1.60 bits per heavy atom. The van der Waals surface area contributed by atoms with Gasteiger partial charge in [0.05, 0.1) is 16.0 Å². The van der Waals surface area contributed by atoms with Gasteiger partial charge < -0.3 is 4.42 Å². The molecule has 4 nitrogen and oxygen atoms in total. The summed E-state index contributed by atoms with van der Waals surface area (Å²) in [4.78, 5) is 4.22. The molecule has 0 N–H and O–H groups in total. The van der Waals surface area contributed by atoms with E-state index in [-0.39, 0.29) is 0 Å². The molecule has 1 heterocycles. The van der Waals surface area contributed by atoms with Crippen LogP contribution in [0.3, 0.4) is 0 Å². The van der Waals surface area contributed by atoms with Crippen molar-refractivity contribution in [1.29, 1.82) is 0 Å². The first-order valence-electron chi connectivity index (χ1n) is 5.88. The van der Waals surface area contributed by atoms with Crippen LogP contribution < -0.4 is 0 Å². The van der Waals surface area contributed by atoms with Gasteiger partial charge in [0, 0.05) is 0 Å². The highest BCUT2D eigenvalue weighted by molar-refractivity contribution is 7.91. The molecular weight excluding hydrogens is 274 g/mol. The van der Waals surface area contributed by atoms with Crippen LogP contribution in [0.15, 0.2) is 93.7 Å². The predicted molar refractivity (Wildman–Crippen MR) is 74.8 cm³/mol. The van der Waals surface area contributed by atoms with Gasteiger partial charge in [-0.3, -0.25) is 0 Å². The number of hydrogen-bond acceptors (Lipinski definition) is 4. The zero-order chi connectivity index (χ0) is 14.3. The monoisotopic (exact) mass is 287 g/mol. The molecule has 20 heavy (non-hydrogen) atoms. The van der Waals surface area contributed by atoms with Crippen LogP contribution in [0, 0.1) is 0 Å². The average molecular weight is 287 g/mol. The lowest BCUT2D eigenvalue weighted by molar-refractivity contribution is 0.558. The lowest BCUT2D eigenvalue weighted by atomic mass is 10.4. The Morgan fingerprint density at radius 2 is 1.30 bits per heavy atom. The van der Waals surface area contributed by atoms with E-state index in [9.17, 15) is 8.42 Å². The third-order valence-corrected chi connectivity index (χ3v) is 4.24. The van der Waals surface area contributed by atoms with Crippen molar-refractivity contribution < 1.29 is 12.8 Å². The van der Waals surface area contributed by atoms with E-state index in [1.807, 2.05) is 0 Å².